The molecular formula is C12H25N3O. The van der Waals surface area contributed by atoms with Gasteiger partial charge in [-0.2, -0.15) is 0 Å². The van der Waals surface area contributed by atoms with E-state index in [0.29, 0.717) is 12.6 Å². The molecule has 16 heavy (non-hydrogen) atoms. The fourth-order valence-electron chi connectivity index (χ4n) is 2.13. The summed E-state index contributed by atoms with van der Waals surface area (Å²) in [5.41, 5.74) is 0. The number of carbonyl (C=O) groups is 1. The lowest BCUT2D eigenvalue weighted by molar-refractivity contribution is -0.122. The molecule has 2 N–H and O–H groups in total. The standard InChI is InChI=1S/C12H25N3O/c1-3-6-14-12(16)10-15(8-4-2)11-5-7-13-9-11/h11,13H,3-10H2,1-2H3,(H,14,16). The van der Waals surface area contributed by atoms with E-state index in [4.69, 9.17) is 0 Å². The Morgan fingerprint density at radius 2 is 2.25 bits per heavy atom. The average molecular weight is 227 g/mol. The van der Waals surface area contributed by atoms with Crippen LogP contribution in [0, 0.1) is 0 Å². The third-order valence-corrected chi connectivity index (χ3v) is 2.98. The predicted octanol–water partition coefficient (Wildman–Crippen LogP) is 0.587. The fourth-order valence-corrected chi connectivity index (χ4v) is 2.13. The lowest BCUT2D eigenvalue weighted by Gasteiger charge is -2.27. The van der Waals surface area contributed by atoms with E-state index in [9.17, 15) is 4.79 Å². The number of amides is 1. The number of carbonyl (C=O) groups excluding carboxylic acids is 1. The van der Waals surface area contributed by atoms with Crippen LogP contribution in [-0.2, 0) is 4.79 Å². The van der Waals surface area contributed by atoms with Crippen molar-refractivity contribution in [2.75, 3.05) is 32.7 Å². The fraction of sp³-hybridized carbons (Fsp3) is 0.917. The second-order valence-electron chi connectivity index (χ2n) is 4.47. The van der Waals surface area contributed by atoms with Crippen LogP contribution in [-0.4, -0.2) is 49.6 Å². The zero-order chi connectivity index (χ0) is 11.8. The van der Waals surface area contributed by atoms with Crippen LogP contribution in [0.25, 0.3) is 0 Å². The van der Waals surface area contributed by atoms with E-state index in [1.807, 2.05) is 0 Å². The molecular weight excluding hydrogens is 202 g/mol. The molecule has 1 rings (SSSR count). The maximum atomic E-state index is 11.7. The van der Waals surface area contributed by atoms with Crippen molar-refractivity contribution in [2.24, 2.45) is 0 Å². The molecule has 1 fully saturated rings. The van der Waals surface area contributed by atoms with Crippen molar-refractivity contribution in [3.05, 3.63) is 0 Å². The topological polar surface area (TPSA) is 44.4 Å². The summed E-state index contributed by atoms with van der Waals surface area (Å²) in [6.45, 7) is 8.72. The molecule has 1 aliphatic heterocycles. The van der Waals surface area contributed by atoms with E-state index in [1.165, 1.54) is 6.42 Å². The first kappa shape index (κ1) is 13.5. The Hall–Kier alpha value is -0.610. The molecule has 1 aliphatic rings. The molecule has 1 atom stereocenters. The van der Waals surface area contributed by atoms with E-state index in [0.717, 1.165) is 39.0 Å². The molecule has 1 amide bonds. The van der Waals surface area contributed by atoms with Gasteiger partial charge in [-0.1, -0.05) is 13.8 Å². The monoisotopic (exact) mass is 227 g/mol. The molecule has 4 nitrogen and oxygen atoms in total. The van der Waals surface area contributed by atoms with Gasteiger partial charge in [-0.15, -0.1) is 0 Å². The molecule has 0 aliphatic carbocycles. The summed E-state index contributed by atoms with van der Waals surface area (Å²) in [6, 6.07) is 0.548. The summed E-state index contributed by atoms with van der Waals surface area (Å²) in [7, 11) is 0. The molecule has 0 bridgehead atoms. The molecule has 0 saturated carbocycles. The minimum atomic E-state index is 0.169. The molecule has 0 radical (unpaired) electrons. The van der Waals surface area contributed by atoms with Gasteiger partial charge >= 0.3 is 0 Å². The van der Waals surface area contributed by atoms with E-state index in [2.05, 4.69) is 29.4 Å². The van der Waals surface area contributed by atoms with Crippen LogP contribution in [0.4, 0.5) is 0 Å². The summed E-state index contributed by atoms with van der Waals surface area (Å²) in [4.78, 5) is 14.0. The Labute approximate surface area is 98.8 Å². The number of rotatable bonds is 7. The molecule has 0 aromatic carbocycles. The highest BCUT2D eigenvalue weighted by molar-refractivity contribution is 5.78. The van der Waals surface area contributed by atoms with Gasteiger partial charge < -0.3 is 10.6 Å². The third kappa shape index (κ3) is 4.49. The lowest BCUT2D eigenvalue weighted by Crippen LogP contribution is -2.44. The summed E-state index contributed by atoms with van der Waals surface area (Å²) < 4.78 is 0. The molecule has 4 heteroatoms. The van der Waals surface area contributed by atoms with Gasteiger partial charge in [0.2, 0.25) is 5.91 Å². The Morgan fingerprint density at radius 3 is 2.81 bits per heavy atom. The summed E-state index contributed by atoms with van der Waals surface area (Å²) >= 11 is 0. The van der Waals surface area contributed by atoms with Crippen molar-refractivity contribution in [1.82, 2.24) is 15.5 Å². The minimum absolute atomic E-state index is 0.169. The first-order chi connectivity index (χ1) is 7.77. The highest BCUT2D eigenvalue weighted by Crippen LogP contribution is 2.08. The molecule has 1 unspecified atom stereocenters. The molecule has 0 spiro atoms. The minimum Gasteiger partial charge on any atom is -0.355 e. The van der Waals surface area contributed by atoms with Crippen molar-refractivity contribution in [3.8, 4) is 0 Å². The number of nitrogens with zero attached hydrogens (tertiary/aromatic N) is 1. The van der Waals surface area contributed by atoms with Gasteiger partial charge in [-0.25, -0.2) is 0 Å². The van der Waals surface area contributed by atoms with Gasteiger partial charge in [-0.05, 0) is 32.4 Å². The lowest BCUT2D eigenvalue weighted by atomic mass is 10.2. The molecule has 1 heterocycles. The van der Waals surface area contributed by atoms with Gasteiger partial charge in [0.15, 0.2) is 0 Å². The van der Waals surface area contributed by atoms with Crippen LogP contribution in [0.15, 0.2) is 0 Å². The van der Waals surface area contributed by atoms with Crippen LogP contribution in [0.5, 0.6) is 0 Å². The molecule has 0 aromatic heterocycles. The zero-order valence-electron chi connectivity index (χ0n) is 10.6. The summed E-state index contributed by atoms with van der Waals surface area (Å²) in [5, 5.41) is 6.30. The second-order valence-corrected chi connectivity index (χ2v) is 4.47. The van der Waals surface area contributed by atoms with Gasteiger partial charge in [0.25, 0.3) is 0 Å². The maximum absolute atomic E-state index is 11.7. The summed E-state index contributed by atoms with van der Waals surface area (Å²) in [6.07, 6.45) is 3.28. The van der Waals surface area contributed by atoms with Crippen LogP contribution >= 0.6 is 0 Å². The van der Waals surface area contributed by atoms with Gasteiger partial charge in [0.05, 0.1) is 6.54 Å². The Kier molecular flexibility index (Phi) is 6.42. The quantitative estimate of drug-likeness (QED) is 0.669. The number of hydrogen-bond acceptors (Lipinski definition) is 3. The molecule has 0 aromatic rings. The Bertz CT molecular complexity index is 202. The highest BCUT2D eigenvalue weighted by Gasteiger charge is 2.23. The van der Waals surface area contributed by atoms with Crippen molar-refractivity contribution >= 4 is 5.91 Å². The Morgan fingerprint density at radius 1 is 1.44 bits per heavy atom. The van der Waals surface area contributed by atoms with E-state index in [-0.39, 0.29) is 5.91 Å². The molecule has 1 saturated heterocycles. The zero-order valence-corrected chi connectivity index (χ0v) is 10.6. The van der Waals surface area contributed by atoms with Crippen LogP contribution in [0.3, 0.4) is 0 Å². The van der Waals surface area contributed by atoms with E-state index in [1.54, 1.807) is 0 Å². The smallest absolute Gasteiger partial charge is 0.234 e. The van der Waals surface area contributed by atoms with Gasteiger partial charge in [0.1, 0.15) is 0 Å². The van der Waals surface area contributed by atoms with Gasteiger partial charge in [-0.3, -0.25) is 9.69 Å². The van der Waals surface area contributed by atoms with Crippen LogP contribution in [0.1, 0.15) is 33.1 Å². The number of hydrogen-bond donors (Lipinski definition) is 2. The van der Waals surface area contributed by atoms with Gasteiger partial charge in [0, 0.05) is 19.1 Å². The normalized spacial score (nSPS) is 20.3. The van der Waals surface area contributed by atoms with E-state index < -0.39 is 0 Å². The Balaban J connectivity index is 2.34. The van der Waals surface area contributed by atoms with Crippen molar-refractivity contribution in [1.29, 1.82) is 0 Å². The predicted molar refractivity (Wildman–Crippen MR) is 66.4 cm³/mol. The van der Waals surface area contributed by atoms with E-state index >= 15 is 0 Å². The molecule has 94 valence electrons. The number of nitrogens with one attached hydrogen (secondary N) is 2. The van der Waals surface area contributed by atoms with Crippen LogP contribution in [0.2, 0.25) is 0 Å². The highest BCUT2D eigenvalue weighted by atomic mass is 16.2. The summed E-state index contributed by atoms with van der Waals surface area (Å²) in [5.74, 6) is 0.169. The maximum Gasteiger partial charge on any atom is 0.234 e. The first-order valence-electron chi connectivity index (χ1n) is 6.49. The van der Waals surface area contributed by atoms with Crippen LogP contribution < -0.4 is 10.6 Å². The van der Waals surface area contributed by atoms with Crippen molar-refractivity contribution in [2.45, 2.75) is 39.2 Å². The third-order valence-electron chi connectivity index (χ3n) is 2.98. The largest absolute Gasteiger partial charge is 0.355 e. The average Bonchev–Trinajstić information content (AvgIpc) is 2.79. The van der Waals surface area contributed by atoms with Crippen molar-refractivity contribution < 1.29 is 4.79 Å². The van der Waals surface area contributed by atoms with Crippen molar-refractivity contribution in [3.63, 3.8) is 0 Å². The second kappa shape index (κ2) is 7.63. The first-order valence-corrected chi connectivity index (χ1v) is 6.49. The SMILES string of the molecule is CCCNC(=O)CN(CCC)C1CCNC1.